The number of benzene rings is 1. The van der Waals surface area contributed by atoms with Crippen molar-refractivity contribution in [3.63, 3.8) is 0 Å². The number of halogens is 1. The van der Waals surface area contributed by atoms with E-state index in [0.29, 0.717) is 5.69 Å². The Balaban J connectivity index is 2.90. The first-order chi connectivity index (χ1) is 6.63. The molecule has 0 heterocycles. The summed E-state index contributed by atoms with van der Waals surface area (Å²) in [6.07, 6.45) is 0. The zero-order chi connectivity index (χ0) is 10.6. The maximum Gasteiger partial charge on any atom is 0.221 e. The van der Waals surface area contributed by atoms with Crippen LogP contribution in [-0.4, -0.2) is 5.91 Å². The molecule has 5 heteroatoms. The SMILES string of the molecule is CC(=O)Nc1ccc(SC#N)c(F)c1. The molecule has 0 aliphatic rings. The van der Waals surface area contributed by atoms with E-state index in [1.165, 1.54) is 19.1 Å². The minimum Gasteiger partial charge on any atom is -0.326 e. The third kappa shape index (κ3) is 2.75. The quantitative estimate of drug-likeness (QED) is 0.602. The summed E-state index contributed by atoms with van der Waals surface area (Å²) in [5.74, 6) is -0.770. The van der Waals surface area contributed by atoms with Crippen molar-refractivity contribution in [2.24, 2.45) is 0 Å². The van der Waals surface area contributed by atoms with Gasteiger partial charge in [-0.15, -0.1) is 0 Å². The largest absolute Gasteiger partial charge is 0.326 e. The summed E-state index contributed by atoms with van der Waals surface area (Å²) in [6, 6.07) is 4.18. The normalized spacial score (nSPS) is 9.21. The summed E-state index contributed by atoms with van der Waals surface area (Å²) < 4.78 is 13.2. The molecule has 1 aromatic rings. The van der Waals surface area contributed by atoms with Crippen LogP contribution < -0.4 is 5.32 Å². The molecule has 0 atom stereocenters. The lowest BCUT2D eigenvalue weighted by molar-refractivity contribution is -0.114. The maximum absolute atomic E-state index is 13.2. The number of thioether (sulfide) groups is 1. The zero-order valence-electron chi connectivity index (χ0n) is 7.37. The van der Waals surface area contributed by atoms with Gasteiger partial charge in [-0.1, -0.05) is 0 Å². The van der Waals surface area contributed by atoms with Gasteiger partial charge in [0.1, 0.15) is 11.2 Å². The molecule has 3 nitrogen and oxygen atoms in total. The summed E-state index contributed by atoms with van der Waals surface area (Å²) in [7, 11) is 0. The molecule has 1 N–H and O–H groups in total. The number of nitrogens with one attached hydrogen (secondary N) is 1. The molecular weight excluding hydrogens is 203 g/mol. The van der Waals surface area contributed by atoms with Crippen molar-refractivity contribution < 1.29 is 9.18 Å². The van der Waals surface area contributed by atoms with Crippen molar-refractivity contribution in [1.29, 1.82) is 5.26 Å². The van der Waals surface area contributed by atoms with E-state index in [2.05, 4.69) is 5.32 Å². The van der Waals surface area contributed by atoms with Gasteiger partial charge in [0.25, 0.3) is 0 Å². The van der Waals surface area contributed by atoms with E-state index in [9.17, 15) is 9.18 Å². The minimum atomic E-state index is -0.511. The van der Waals surface area contributed by atoms with Crippen molar-refractivity contribution in [1.82, 2.24) is 0 Å². The van der Waals surface area contributed by atoms with Gasteiger partial charge in [-0.25, -0.2) is 4.39 Å². The minimum absolute atomic E-state index is 0.251. The number of hydrogen-bond donors (Lipinski definition) is 1. The highest BCUT2D eigenvalue weighted by Gasteiger charge is 2.04. The number of rotatable bonds is 2. The fraction of sp³-hybridized carbons (Fsp3) is 0.111. The predicted octanol–water partition coefficient (Wildman–Crippen LogP) is 2.36. The number of carbonyl (C=O) groups is 1. The second-order valence-electron chi connectivity index (χ2n) is 2.52. The van der Waals surface area contributed by atoms with Gasteiger partial charge in [0, 0.05) is 12.6 Å². The lowest BCUT2D eigenvalue weighted by atomic mass is 10.3. The highest BCUT2D eigenvalue weighted by Crippen LogP contribution is 2.23. The molecule has 0 bridgehead atoms. The molecule has 1 aromatic carbocycles. The van der Waals surface area contributed by atoms with Gasteiger partial charge in [-0.3, -0.25) is 4.79 Å². The highest BCUT2D eigenvalue weighted by atomic mass is 32.2. The van der Waals surface area contributed by atoms with E-state index in [0.717, 1.165) is 11.8 Å². The smallest absolute Gasteiger partial charge is 0.221 e. The molecular formula is C9H7FN2OS. The van der Waals surface area contributed by atoms with Gasteiger partial charge < -0.3 is 5.32 Å². The monoisotopic (exact) mass is 210 g/mol. The summed E-state index contributed by atoms with van der Waals surface area (Å²) >= 11 is 0.747. The Bertz CT molecular complexity index is 400. The Labute approximate surface area is 84.9 Å². The first kappa shape index (κ1) is 10.5. The number of anilines is 1. The third-order valence-corrected chi connectivity index (χ3v) is 2.05. The van der Waals surface area contributed by atoms with E-state index in [-0.39, 0.29) is 10.8 Å². The first-order valence-corrected chi connectivity index (χ1v) is 4.58. The van der Waals surface area contributed by atoms with Gasteiger partial charge in [0.05, 0.1) is 4.90 Å². The number of thiocyanates is 1. The molecule has 1 rings (SSSR count). The molecule has 0 aliphatic heterocycles. The third-order valence-electron chi connectivity index (χ3n) is 1.41. The number of nitrogens with zero attached hydrogens (tertiary/aromatic N) is 1. The Kier molecular flexibility index (Phi) is 3.48. The highest BCUT2D eigenvalue weighted by molar-refractivity contribution is 8.03. The summed E-state index contributed by atoms with van der Waals surface area (Å²) in [5, 5.41) is 12.6. The van der Waals surface area contributed by atoms with E-state index < -0.39 is 5.82 Å². The van der Waals surface area contributed by atoms with Crippen LogP contribution in [0.15, 0.2) is 23.1 Å². The summed E-state index contributed by atoms with van der Waals surface area (Å²) in [6.45, 7) is 1.34. The van der Waals surface area contributed by atoms with Crippen LogP contribution in [0.3, 0.4) is 0 Å². The second-order valence-corrected chi connectivity index (χ2v) is 3.35. The number of carbonyl (C=O) groups excluding carboxylic acids is 1. The Morgan fingerprint density at radius 2 is 2.36 bits per heavy atom. The lowest BCUT2D eigenvalue weighted by Gasteiger charge is -2.03. The fourth-order valence-corrected chi connectivity index (χ4v) is 1.30. The molecule has 0 aromatic heterocycles. The van der Waals surface area contributed by atoms with Gasteiger partial charge >= 0.3 is 0 Å². The zero-order valence-corrected chi connectivity index (χ0v) is 8.19. The van der Waals surface area contributed by atoms with Gasteiger partial charge in [-0.05, 0) is 30.0 Å². The van der Waals surface area contributed by atoms with Crippen LogP contribution in [-0.2, 0) is 4.79 Å². The van der Waals surface area contributed by atoms with Crippen LogP contribution in [0.5, 0.6) is 0 Å². The van der Waals surface area contributed by atoms with Gasteiger partial charge in [0.2, 0.25) is 5.91 Å². The van der Waals surface area contributed by atoms with Crippen molar-refractivity contribution in [2.75, 3.05) is 5.32 Å². The van der Waals surface area contributed by atoms with Crippen molar-refractivity contribution >= 4 is 23.4 Å². The standard InChI is InChI=1S/C9H7FN2OS/c1-6(13)12-7-2-3-9(14-5-11)8(10)4-7/h2-4H,1H3,(H,12,13). The molecule has 0 unspecified atom stereocenters. The van der Waals surface area contributed by atoms with Crippen LogP contribution >= 0.6 is 11.8 Å². The van der Waals surface area contributed by atoms with E-state index >= 15 is 0 Å². The van der Waals surface area contributed by atoms with Crippen molar-refractivity contribution in [3.8, 4) is 5.40 Å². The molecule has 0 radical (unpaired) electrons. The van der Waals surface area contributed by atoms with Crippen LogP contribution in [0, 0.1) is 16.5 Å². The fourth-order valence-electron chi connectivity index (χ4n) is 0.914. The molecule has 0 saturated heterocycles. The van der Waals surface area contributed by atoms with Crippen LogP contribution in [0.2, 0.25) is 0 Å². The molecule has 0 aliphatic carbocycles. The van der Waals surface area contributed by atoms with E-state index in [1.807, 2.05) is 0 Å². The Hall–Kier alpha value is -1.54. The van der Waals surface area contributed by atoms with E-state index in [1.54, 1.807) is 11.5 Å². The molecule has 0 fully saturated rings. The molecule has 1 amide bonds. The van der Waals surface area contributed by atoms with Crippen molar-refractivity contribution in [3.05, 3.63) is 24.0 Å². The van der Waals surface area contributed by atoms with Crippen LogP contribution in [0.4, 0.5) is 10.1 Å². The molecule has 0 saturated carbocycles. The van der Waals surface area contributed by atoms with Crippen LogP contribution in [0.25, 0.3) is 0 Å². The van der Waals surface area contributed by atoms with Crippen LogP contribution in [0.1, 0.15) is 6.92 Å². The topological polar surface area (TPSA) is 52.9 Å². The van der Waals surface area contributed by atoms with Crippen molar-refractivity contribution in [2.45, 2.75) is 11.8 Å². The number of amides is 1. The number of hydrogen-bond acceptors (Lipinski definition) is 3. The van der Waals surface area contributed by atoms with Gasteiger partial charge in [0.15, 0.2) is 0 Å². The summed E-state index contributed by atoms with van der Waals surface area (Å²) in [5.41, 5.74) is 0.386. The van der Waals surface area contributed by atoms with Gasteiger partial charge in [-0.2, -0.15) is 5.26 Å². The maximum atomic E-state index is 13.2. The summed E-state index contributed by atoms with van der Waals surface area (Å²) in [4.78, 5) is 10.9. The second kappa shape index (κ2) is 4.63. The Morgan fingerprint density at radius 3 is 2.86 bits per heavy atom. The lowest BCUT2D eigenvalue weighted by Crippen LogP contribution is -2.05. The average molecular weight is 210 g/mol. The van der Waals surface area contributed by atoms with E-state index in [4.69, 9.17) is 5.26 Å². The first-order valence-electron chi connectivity index (χ1n) is 3.76. The molecule has 0 spiro atoms. The average Bonchev–Trinajstić information content (AvgIpc) is 2.09. The predicted molar refractivity (Wildman–Crippen MR) is 52.2 cm³/mol. The molecule has 72 valence electrons. The number of nitriles is 1. The Morgan fingerprint density at radius 1 is 1.64 bits per heavy atom. The molecule has 14 heavy (non-hydrogen) atoms.